The van der Waals surface area contributed by atoms with Crippen LogP contribution in [0.4, 0.5) is 17.1 Å². The average Bonchev–Trinajstić information content (AvgIpc) is 2.68. The second-order valence-electron chi connectivity index (χ2n) is 6.35. The molecule has 1 unspecified atom stereocenters. The third-order valence-electron chi connectivity index (χ3n) is 4.70. The predicted molar refractivity (Wildman–Crippen MR) is 109 cm³/mol. The minimum absolute atomic E-state index is 0.0523. The molecule has 0 spiro atoms. The van der Waals surface area contributed by atoms with Crippen molar-refractivity contribution in [2.45, 2.75) is 19.9 Å². The zero-order valence-corrected chi connectivity index (χ0v) is 15.1. The molecular weight excluding hydrogens is 322 g/mol. The zero-order valence-electron chi connectivity index (χ0n) is 15.1. The Morgan fingerprint density at radius 3 is 2.65 bits per heavy atom. The lowest BCUT2D eigenvalue weighted by Crippen LogP contribution is -2.30. The van der Waals surface area contributed by atoms with E-state index in [4.69, 9.17) is 4.74 Å². The summed E-state index contributed by atoms with van der Waals surface area (Å²) in [5.41, 5.74) is 4.04. The lowest BCUT2D eigenvalue weighted by Gasteiger charge is -2.31. The van der Waals surface area contributed by atoms with Gasteiger partial charge in [0.25, 0.3) is 0 Å². The highest BCUT2D eigenvalue weighted by Gasteiger charge is 2.25. The molecule has 1 aliphatic carbocycles. The largest absolute Gasteiger partial charge is 0.457 e. The SMILES string of the molecule is CCN(CC)c1ccc2c(c1)OC1=CC(=Nc3ccccc3)C=CC1N2. The normalized spacial score (nSPS) is 19.1. The lowest BCUT2D eigenvalue weighted by molar-refractivity contribution is 0.394. The molecule has 0 saturated carbocycles. The van der Waals surface area contributed by atoms with Crippen LogP contribution in [-0.4, -0.2) is 24.8 Å². The summed E-state index contributed by atoms with van der Waals surface area (Å²) in [7, 11) is 0. The standard InChI is InChI=1S/C22H23N3O/c1-3-25(4-2)18-11-13-20-22(15-18)26-21-14-17(10-12-19(21)24-20)23-16-8-6-5-7-9-16/h5-15,19,24H,3-4H2,1-2H3. The number of hydrogen-bond acceptors (Lipinski definition) is 4. The summed E-state index contributed by atoms with van der Waals surface area (Å²) in [6, 6.07) is 16.4. The molecular formula is C22H23N3O. The number of anilines is 2. The van der Waals surface area contributed by atoms with Crippen molar-refractivity contribution < 1.29 is 4.74 Å². The van der Waals surface area contributed by atoms with E-state index in [0.29, 0.717) is 0 Å². The zero-order chi connectivity index (χ0) is 17.9. The Kier molecular flexibility index (Phi) is 4.48. The monoisotopic (exact) mass is 345 g/mol. The summed E-state index contributed by atoms with van der Waals surface area (Å²) >= 11 is 0. The molecule has 2 aromatic carbocycles. The van der Waals surface area contributed by atoms with Crippen LogP contribution >= 0.6 is 0 Å². The van der Waals surface area contributed by atoms with E-state index in [9.17, 15) is 0 Å². The van der Waals surface area contributed by atoms with E-state index in [1.54, 1.807) is 0 Å². The summed E-state index contributed by atoms with van der Waals surface area (Å²) in [5, 5.41) is 3.53. The van der Waals surface area contributed by atoms with Crippen molar-refractivity contribution in [3.8, 4) is 5.75 Å². The molecule has 0 saturated heterocycles. The summed E-state index contributed by atoms with van der Waals surface area (Å²) in [6.07, 6.45) is 6.14. The molecule has 1 atom stereocenters. The van der Waals surface area contributed by atoms with Gasteiger partial charge in [0.1, 0.15) is 11.8 Å². The first-order valence-electron chi connectivity index (χ1n) is 9.13. The van der Waals surface area contributed by atoms with E-state index in [1.165, 1.54) is 5.69 Å². The third kappa shape index (κ3) is 3.23. The first-order chi connectivity index (χ1) is 12.8. The van der Waals surface area contributed by atoms with E-state index in [-0.39, 0.29) is 6.04 Å². The number of aliphatic imine (C=N–C) groups is 1. The van der Waals surface area contributed by atoms with Crippen molar-refractivity contribution in [1.82, 2.24) is 0 Å². The Balaban J connectivity index is 1.62. The summed E-state index contributed by atoms with van der Waals surface area (Å²) in [5.74, 6) is 1.75. The summed E-state index contributed by atoms with van der Waals surface area (Å²) < 4.78 is 6.22. The van der Waals surface area contributed by atoms with Gasteiger partial charge < -0.3 is 15.0 Å². The molecule has 2 aliphatic rings. The molecule has 0 aromatic heterocycles. The van der Waals surface area contributed by atoms with E-state index < -0.39 is 0 Å². The maximum Gasteiger partial charge on any atom is 0.152 e. The van der Waals surface area contributed by atoms with Gasteiger partial charge in [-0.15, -0.1) is 0 Å². The number of rotatable bonds is 4. The fraction of sp³-hybridized carbons (Fsp3) is 0.227. The highest BCUT2D eigenvalue weighted by Crippen LogP contribution is 2.37. The minimum atomic E-state index is 0.0523. The van der Waals surface area contributed by atoms with Crippen molar-refractivity contribution >= 4 is 22.8 Å². The predicted octanol–water partition coefficient (Wildman–Crippen LogP) is 4.93. The number of benzene rings is 2. The summed E-state index contributed by atoms with van der Waals surface area (Å²) in [6.45, 7) is 6.28. The van der Waals surface area contributed by atoms with Gasteiger partial charge in [-0.05, 0) is 44.2 Å². The van der Waals surface area contributed by atoms with E-state index in [2.05, 4.69) is 53.3 Å². The van der Waals surface area contributed by atoms with Gasteiger partial charge in [-0.1, -0.05) is 24.3 Å². The minimum Gasteiger partial charge on any atom is -0.457 e. The molecule has 4 rings (SSSR count). The van der Waals surface area contributed by atoms with E-state index in [0.717, 1.165) is 41.7 Å². The van der Waals surface area contributed by atoms with Gasteiger partial charge in [-0.2, -0.15) is 0 Å². The fourth-order valence-corrected chi connectivity index (χ4v) is 3.30. The van der Waals surface area contributed by atoms with Crippen LogP contribution in [0.5, 0.6) is 5.75 Å². The van der Waals surface area contributed by atoms with Crippen molar-refractivity contribution in [3.05, 3.63) is 72.5 Å². The molecule has 4 heteroatoms. The van der Waals surface area contributed by atoms with Gasteiger partial charge in [-0.3, -0.25) is 0 Å². The molecule has 0 radical (unpaired) electrons. The first-order valence-corrected chi connectivity index (χ1v) is 9.13. The Hall–Kier alpha value is -3.01. The average molecular weight is 345 g/mol. The molecule has 2 aromatic rings. The second-order valence-corrected chi connectivity index (χ2v) is 6.35. The Morgan fingerprint density at radius 1 is 1.08 bits per heavy atom. The first kappa shape index (κ1) is 16.5. The molecule has 1 aliphatic heterocycles. The number of nitrogens with one attached hydrogen (secondary N) is 1. The topological polar surface area (TPSA) is 36.9 Å². The number of allylic oxidation sites excluding steroid dienone is 2. The van der Waals surface area contributed by atoms with Crippen LogP contribution in [0, 0.1) is 0 Å². The third-order valence-corrected chi connectivity index (χ3v) is 4.70. The van der Waals surface area contributed by atoms with E-state index in [1.807, 2.05) is 42.5 Å². The number of ether oxygens (including phenoxy) is 1. The van der Waals surface area contributed by atoms with Gasteiger partial charge in [0.05, 0.1) is 17.1 Å². The molecule has 0 bridgehead atoms. The highest BCUT2D eigenvalue weighted by molar-refractivity contribution is 6.07. The van der Waals surface area contributed by atoms with Crippen LogP contribution in [0.25, 0.3) is 0 Å². The Morgan fingerprint density at radius 2 is 1.88 bits per heavy atom. The maximum absolute atomic E-state index is 6.22. The van der Waals surface area contributed by atoms with Crippen LogP contribution in [0.15, 0.2) is 77.5 Å². The van der Waals surface area contributed by atoms with Crippen LogP contribution in [0.3, 0.4) is 0 Å². The van der Waals surface area contributed by atoms with Crippen molar-refractivity contribution in [2.75, 3.05) is 23.3 Å². The number of hydrogen-bond donors (Lipinski definition) is 1. The van der Waals surface area contributed by atoms with E-state index >= 15 is 0 Å². The van der Waals surface area contributed by atoms with Crippen LogP contribution in [-0.2, 0) is 0 Å². The summed E-state index contributed by atoms with van der Waals surface area (Å²) in [4.78, 5) is 6.99. The second kappa shape index (κ2) is 7.08. The van der Waals surface area contributed by atoms with Gasteiger partial charge >= 0.3 is 0 Å². The van der Waals surface area contributed by atoms with Gasteiger partial charge in [-0.25, -0.2) is 4.99 Å². The molecule has 4 nitrogen and oxygen atoms in total. The maximum atomic E-state index is 6.22. The van der Waals surface area contributed by atoms with Crippen molar-refractivity contribution in [2.24, 2.45) is 4.99 Å². The molecule has 0 fully saturated rings. The van der Waals surface area contributed by atoms with Crippen LogP contribution in [0.1, 0.15) is 13.8 Å². The molecule has 26 heavy (non-hydrogen) atoms. The lowest BCUT2D eigenvalue weighted by atomic mass is 10.0. The Bertz CT molecular complexity index is 880. The van der Waals surface area contributed by atoms with Crippen molar-refractivity contribution in [3.63, 3.8) is 0 Å². The molecule has 0 amide bonds. The number of nitrogens with zero attached hydrogens (tertiary/aromatic N) is 2. The molecule has 1 heterocycles. The molecule has 1 N–H and O–H groups in total. The van der Waals surface area contributed by atoms with Gasteiger partial charge in [0, 0.05) is 30.9 Å². The smallest absolute Gasteiger partial charge is 0.152 e. The van der Waals surface area contributed by atoms with Crippen LogP contribution < -0.4 is 15.0 Å². The number of fused-ring (bicyclic) bond motifs is 2. The quantitative estimate of drug-likeness (QED) is 0.853. The fourth-order valence-electron chi connectivity index (χ4n) is 3.30. The van der Waals surface area contributed by atoms with Crippen molar-refractivity contribution in [1.29, 1.82) is 0 Å². The van der Waals surface area contributed by atoms with Gasteiger partial charge in [0.15, 0.2) is 5.75 Å². The van der Waals surface area contributed by atoms with Crippen LogP contribution in [0.2, 0.25) is 0 Å². The Labute approximate surface area is 154 Å². The number of para-hydroxylation sites is 1. The highest BCUT2D eigenvalue weighted by atomic mass is 16.5. The van der Waals surface area contributed by atoms with Gasteiger partial charge in [0.2, 0.25) is 0 Å². The molecule has 132 valence electrons.